The van der Waals surface area contributed by atoms with Crippen LogP contribution in [0.4, 0.5) is 4.79 Å². The summed E-state index contributed by atoms with van der Waals surface area (Å²) in [6, 6.07) is -0.299. The second-order valence-corrected chi connectivity index (χ2v) is 4.27. The Morgan fingerprint density at radius 3 is 2.76 bits per heavy atom. The van der Waals surface area contributed by atoms with E-state index < -0.39 is 11.8 Å². The quantitative estimate of drug-likeness (QED) is 0.671. The molecule has 0 aromatic carbocycles. The van der Waals surface area contributed by atoms with Gasteiger partial charge in [-0.3, -0.25) is 9.69 Å². The van der Waals surface area contributed by atoms with Crippen molar-refractivity contribution in [3.8, 4) is 0 Å². The standard InChI is InChI=1S/C10H18N2O5/c1-10(2)12(9(14)15)7(6-17-10)4-11-5-8(13)16-3/h7,11H,4-6H2,1-3H3,(H,14,15). The summed E-state index contributed by atoms with van der Waals surface area (Å²) in [6.07, 6.45) is -1.03. The van der Waals surface area contributed by atoms with Crippen LogP contribution in [0.3, 0.4) is 0 Å². The molecule has 17 heavy (non-hydrogen) atoms. The minimum absolute atomic E-state index is 0.0564. The first kappa shape index (κ1) is 13.7. The highest BCUT2D eigenvalue weighted by Crippen LogP contribution is 2.26. The molecule has 0 spiro atoms. The summed E-state index contributed by atoms with van der Waals surface area (Å²) >= 11 is 0. The van der Waals surface area contributed by atoms with Gasteiger partial charge in [-0.05, 0) is 13.8 Å². The van der Waals surface area contributed by atoms with Crippen molar-refractivity contribution in [2.45, 2.75) is 25.6 Å². The molecule has 1 atom stereocenters. The fourth-order valence-corrected chi connectivity index (χ4v) is 1.83. The van der Waals surface area contributed by atoms with Crippen molar-refractivity contribution < 1.29 is 24.2 Å². The van der Waals surface area contributed by atoms with Gasteiger partial charge in [-0.15, -0.1) is 0 Å². The minimum atomic E-state index is -1.03. The smallest absolute Gasteiger partial charge is 0.409 e. The van der Waals surface area contributed by atoms with Crippen LogP contribution in [0.15, 0.2) is 0 Å². The van der Waals surface area contributed by atoms with E-state index in [0.29, 0.717) is 13.2 Å². The van der Waals surface area contributed by atoms with Crippen molar-refractivity contribution >= 4 is 12.1 Å². The van der Waals surface area contributed by atoms with Crippen molar-refractivity contribution in [3.05, 3.63) is 0 Å². The molecule has 0 bridgehead atoms. The van der Waals surface area contributed by atoms with Crippen LogP contribution in [-0.4, -0.2) is 60.6 Å². The first-order valence-electron chi connectivity index (χ1n) is 5.32. The number of carbonyl (C=O) groups is 2. The number of carboxylic acid groups (broad SMARTS) is 1. The molecule has 1 aliphatic heterocycles. The summed E-state index contributed by atoms with van der Waals surface area (Å²) in [7, 11) is 1.30. The molecule has 7 heteroatoms. The number of ether oxygens (including phenoxy) is 2. The fraction of sp³-hybridized carbons (Fsp3) is 0.800. The maximum absolute atomic E-state index is 11.1. The average molecular weight is 246 g/mol. The van der Waals surface area contributed by atoms with Gasteiger partial charge in [0, 0.05) is 6.54 Å². The van der Waals surface area contributed by atoms with Gasteiger partial charge in [0.1, 0.15) is 5.72 Å². The zero-order valence-corrected chi connectivity index (χ0v) is 10.2. The van der Waals surface area contributed by atoms with Crippen LogP contribution in [0.1, 0.15) is 13.8 Å². The zero-order valence-electron chi connectivity index (χ0n) is 10.2. The monoisotopic (exact) mass is 246 g/mol. The molecule has 1 saturated heterocycles. The lowest BCUT2D eigenvalue weighted by Crippen LogP contribution is -2.50. The summed E-state index contributed by atoms with van der Waals surface area (Å²) < 4.78 is 9.87. The van der Waals surface area contributed by atoms with Crippen molar-refractivity contribution in [1.29, 1.82) is 0 Å². The third kappa shape index (κ3) is 3.31. The second kappa shape index (κ2) is 5.33. The normalized spacial score (nSPS) is 22.5. The summed E-state index contributed by atoms with van der Waals surface area (Å²) in [5.41, 5.74) is -0.830. The molecule has 0 aromatic heterocycles. The highest BCUT2D eigenvalue weighted by Gasteiger charge is 2.43. The number of hydrogen-bond donors (Lipinski definition) is 2. The van der Waals surface area contributed by atoms with Crippen LogP contribution in [0, 0.1) is 0 Å². The largest absolute Gasteiger partial charge is 0.468 e. The van der Waals surface area contributed by atoms with E-state index in [-0.39, 0.29) is 18.6 Å². The van der Waals surface area contributed by atoms with E-state index >= 15 is 0 Å². The summed E-state index contributed by atoms with van der Waals surface area (Å²) in [5, 5.41) is 11.9. The third-order valence-corrected chi connectivity index (χ3v) is 2.66. The first-order valence-corrected chi connectivity index (χ1v) is 5.32. The van der Waals surface area contributed by atoms with Crippen molar-refractivity contribution in [2.24, 2.45) is 0 Å². The number of esters is 1. The number of nitrogens with zero attached hydrogens (tertiary/aromatic N) is 1. The second-order valence-electron chi connectivity index (χ2n) is 4.27. The van der Waals surface area contributed by atoms with Crippen molar-refractivity contribution in [1.82, 2.24) is 10.2 Å². The number of rotatable bonds is 4. The molecular formula is C10H18N2O5. The maximum atomic E-state index is 11.1. The highest BCUT2D eigenvalue weighted by molar-refractivity contribution is 5.71. The van der Waals surface area contributed by atoms with Gasteiger partial charge in [0.25, 0.3) is 0 Å². The molecule has 0 aromatic rings. The van der Waals surface area contributed by atoms with Crippen LogP contribution in [0.2, 0.25) is 0 Å². The number of carbonyl (C=O) groups excluding carboxylic acids is 1. The molecule has 1 unspecified atom stereocenters. The van der Waals surface area contributed by atoms with Crippen molar-refractivity contribution in [2.75, 3.05) is 26.8 Å². The minimum Gasteiger partial charge on any atom is -0.468 e. The van der Waals surface area contributed by atoms with Crippen LogP contribution in [0.25, 0.3) is 0 Å². The lowest BCUT2D eigenvalue weighted by Gasteiger charge is -2.30. The Labute approximate surface area is 99.7 Å². The number of methoxy groups -OCH3 is 1. The van der Waals surface area contributed by atoms with E-state index in [4.69, 9.17) is 9.84 Å². The first-order chi connectivity index (χ1) is 7.88. The van der Waals surface area contributed by atoms with Gasteiger partial charge in [-0.25, -0.2) is 4.79 Å². The van der Waals surface area contributed by atoms with Crippen LogP contribution >= 0.6 is 0 Å². The molecule has 98 valence electrons. The Morgan fingerprint density at radius 1 is 1.59 bits per heavy atom. The molecule has 1 aliphatic rings. The Balaban J connectivity index is 2.48. The predicted octanol–water partition coefficient (Wildman–Crippen LogP) is -0.136. The van der Waals surface area contributed by atoms with Gasteiger partial charge in [0.05, 0.1) is 26.3 Å². The fourth-order valence-electron chi connectivity index (χ4n) is 1.83. The van der Waals surface area contributed by atoms with E-state index in [9.17, 15) is 9.59 Å². The molecular weight excluding hydrogens is 228 g/mol. The van der Waals surface area contributed by atoms with E-state index in [1.165, 1.54) is 12.0 Å². The molecule has 2 N–H and O–H groups in total. The SMILES string of the molecule is COC(=O)CNCC1COC(C)(C)N1C(=O)O. The lowest BCUT2D eigenvalue weighted by atomic mass is 10.2. The Morgan fingerprint density at radius 2 is 2.24 bits per heavy atom. The Hall–Kier alpha value is -1.34. The van der Waals surface area contributed by atoms with Crippen LogP contribution in [0.5, 0.6) is 0 Å². The molecule has 0 saturated carbocycles. The number of hydrogen-bond acceptors (Lipinski definition) is 5. The highest BCUT2D eigenvalue weighted by atomic mass is 16.5. The topological polar surface area (TPSA) is 88.1 Å². The zero-order chi connectivity index (χ0) is 13.1. The van der Waals surface area contributed by atoms with E-state index in [2.05, 4.69) is 10.1 Å². The van der Waals surface area contributed by atoms with E-state index in [1.54, 1.807) is 13.8 Å². The molecule has 1 fully saturated rings. The number of nitrogens with one attached hydrogen (secondary N) is 1. The molecule has 1 heterocycles. The summed E-state index contributed by atoms with van der Waals surface area (Å²) in [4.78, 5) is 23.2. The molecule has 1 amide bonds. The van der Waals surface area contributed by atoms with Crippen LogP contribution < -0.4 is 5.32 Å². The predicted molar refractivity (Wildman–Crippen MR) is 58.6 cm³/mol. The van der Waals surface area contributed by atoms with Gasteiger partial charge in [-0.2, -0.15) is 0 Å². The molecule has 0 aliphatic carbocycles. The maximum Gasteiger partial charge on any atom is 0.409 e. The summed E-state index contributed by atoms with van der Waals surface area (Å²) in [5.74, 6) is -0.384. The van der Waals surface area contributed by atoms with Gasteiger partial charge >= 0.3 is 12.1 Å². The molecule has 0 radical (unpaired) electrons. The third-order valence-electron chi connectivity index (χ3n) is 2.66. The Kier molecular flexibility index (Phi) is 4.30. The Bertz CT molecular complexity index is 305. The van der Waals surface area contributed by atoms with Crippen molar-refractivity contribution in [3.63, 3.8) is 0 Å². The van der Waals surface area contributed by atoms with Crippen LogP contribution in [-0.2, 0) is 14.3 Å². The van der Waals surface area contributed by atoms with E-state index in [0.717, 1.165) is 0 Å². The number of amides is 1. The van der Waals surface area contributed by atoms with Gasteiger partial charge in [0.2, 0.25) is 0 Å². The van der Waals surface area contributed by atoms with Gasteiger partial charge in [0.15, 0.2) is 0 Å². The lowest BCUT2D eigenvalue weighted by molar-refractivity contribution is -0.139. The van der Waals surface area contributed by atoms with Gasteiger partial charge < -0.3 is 19.9 Å². The average Bonchev–Trinajstić information content (AvgIpc) is 2.53. The molecule has 7 nitrogen and oxygen atoms in total. The van der Waals surface area contributed by atoms with Gasteiger partial charge in [-0.1, -0.05) is 0 Å². The summed E-state index contributed by atoms with van der Waals surface area (Å²) in [6.45, 7) is 4.11. The van der Waals surface area contributed by atoms with E-state index in [1.807, 2.05) is 0 Å². The molecule has 1 rings (SSSR count).